The molecule has 1 amide bonds. The fraction of sp³-hybridized carbons (Fsp3) is 0.176. The fourth-order valence-corrected chi connectivity index (χ4v) is 3.40. The third kappa shape index (κ3) is 5.30. The van der Waals surface area contributed by atoms with E-state index in [9.17, 15) is 40.0 Å². The number of carbonyl (C=O) groups excluding carboxylic acids is 1. The first-order chi connectivity index (χ1) is 13.7. The van der Waals surface area contributed by atoms with Crippen molar-refractivity contribution < 1.29 is 45.1 Å². The number of hydrogen-bond acceptors (Lipinski definition) is 4. The van der Waals surface area contributed by atoms with Crippen LogP contribution in [0, 0.1) is 18.6 Å². The Kier molecular flexibility index (Phi) is 6.47. The highest BCUT2D eigenvalue weighted by Crippen LogP contribution is 2.24. The highest BCUT2D eigenvalue weighted by molar-refractivity contribution is 7.89. The number of benzene rings is 2. The molecule has 1 atom stereocenters. The van der Waals surface area contributed by atoms with Crippen molar-refractivity contribution in [2.75, 3.05) is 5.32 Å². The van der Waals surface area contributed by atoms with Crippen LogP contribution in [0.25, 0.3) is 0 Å². The summed E-state index contributed by atoms with van der Waals surface area (Å²) in [5, 5.41) is 10.7. The number of anilines is 1. The number of sulfonamides is 1. The van der Waals surface area contributed by atoms with Crippen LogP contribution in [0.4, 0.5) is 27.6 Å². The number of amides is 1. The average molecular weight is 452 g/mol. The van der Waals surface area contributed by atoms with Gasteiger partial charge in [-0.05, 0) is 42.8 Å². The van der Waals surface area contributed by atoms with Crippen LogP contribution < -0.4 is 10.0 Å². The Morgan fingerprint density at radius 3 is 2.20 bits per heavy atom. The molecule has 0 aliphatic heterocycles. The monoisotopic (exact) mass is 452 g/mol. The summed E-state index contributed by atoms with van der Waals surface area (Å²) in [5.41, 5.74) is -0.703. The lowest BCUT2D eigenvalue weighted by Gasteiger charge is -2.18. The topological polar surface area (TPSA) is 113 Å². The van der Waals surface area contributed by atoms with E-state index < -0.39 is 56.2 Å². The van der Waals surface area contributed by atoms with E-state index in [0.29, 0.717) is 18.2 Å². The number of nitrogens with one attached hydrogen (secondary N) is 2. The molecule has 0 aliphatic carbocycles. The minimum atomic E-state index is -5.45. The Hall–Kier alpha value is -3.06. The quantitative estimate of drug-likeness (QED) is 0.584. The maximum absolute atomic E-state index is 14.0. The second-order valence-corrected chi connectivity index (χ2v) is 7.71. The number of hydrogen-bond donors (Lipinski definition) is 3. The van der Waals surface area contributed by atoms with Gasteiger partial charge in [0.1, 0.15) is 11.6 Å². The summed E-state index contributed by atoms with van der Waals surface area (Å²) in [7, 11) is -5.10. The summed E-state index contributed by atoms with van der Waals surface area (Å²) in [5.74, 6) is -5.61. The summed E-state index contributed by atoms with van der Waals surface area (Å²) in [6, 6.07) is 1.55. The Morgan fingerprint density at radius 1 is 1.03 bits per heavy atom. The molecule has 0 radical (unpaired) electrons. The van der Waals surface area contributed by atoms with E-state index in [1.807, 2.05) is 0 Å². The van der Waals surface area contributed by atoms with Crippen molar-refractivity contribution in [1.29, 1.82) is 0 Å². The number of halogens is 5. The van der Waals surface area contributed by atoms with Gasteiger partial charge in [0, 0.05) is 5.69 Å². The standard InChI is InChI=1S/C17H13F5N2O5S/c1-8-2-3-9(6-13(8)19)23-15(25)11-7-10(4-5-12(11)18)30(28,29)24-14(16(26)27)17(20,21)22/h2-7,14,24H,1H3,(H,23,25)(H,26,27)/t14-/m1/s1. The summed E-state index contributed by atoms with van der Waals surface area (Å²) >= 11 is 0. The zero-order valence-corrected chi connectivity index (χ0v) is 15.7. The molecule has 7 nitrogen and oxygen atoms in total. The summed E-state index contributed by atoms with van der Waals surface area (Å²) in [6.07, 6.45) is -5.45. The van der Waals surface area contributed by atoms with Crippen LogP contribution in [0.1, 0.15) is 15.9 Å². The molecule has 13 heteroatoms. The number of carboxylic acid groups (broad SMARTS) is 1. The van der Waals surface area contributed by atoms with Crippen LogP contribution in [-0.2, 0) is 14.8 Å². The first kappa shape index (κ1) is 23.2. The highest BCUT2D eigenvalue weighted by atomic mass is 32.2. The fourth-order valence-electron chi connectivity index (χ4n) is 2.20. The van der Waals surface area contributed by atoms with Gasteiger partial charge >= 0.3 is 12.1 Å². The number of rotatable bonds is 6. The van der Waals surface area contributed by atoms with E-state index >= 15 is 0 Å². The second kappa shape index (κ2) is 8.36. The molecule has 2 rings (SSSR count). The Labute approximate surface area is 166 Å². The van der Waals surface area contributed by atoms with Crippen molar-refractivity contribution in [1.82, 2.24) is 4.72 Å². The van der Waals surface area contributed by atoms with Gasteiger partial charge in [0.2, 0.25) is 16.1 Å². The van der Waals surface area contributed by atoms with Crippen LogP contribution in [0.15, 0.2) is 41.3 Å². The molecule has 30 heavy (non-hydrogen) atoms. The van der Waals surface area contributed by atoms with Crippen LogP contribution >= 0.6 is 0 Å². The van der Waals surface area contributed by atoms with Gasteiger partial charge in [-0.2, -0.15) is 17.9 Å². The molecule has 0 bridgehead atoms. The molecule has 2 aromatic rings. The third-order valence-corrected chi connectivity index (χ3v) is 5.19. The van der Waals surface area contributed by atoms with E-state index in [1.54, 1.807) is 0 Å². The molecule has 3 N–H and O–H groups in total. The van der Waals surface area contributed by atoms with Gasteiger partial charge in [-0.15, -0.1) is 0 Å². The summed E-state index contributed by atoms with van der Waals surface area (Å²) in [6.45, 7) is 1.45. The highest BCUT2D eigenvalue weighted by Gasteiger charge is 2.47. The van der Waals surface area contributed by atoms with Gasteiger partial charge in [-0.25, -0.2) is 17.2 Å². The predicted octanol–water partition coefficient (Wildman–Crippen LogP) is 2.82. The minimum Gasteiger partial charge on any atom is -0.480 e. The van der Waals surface area contributed by atoms with Crippen LogP contribution in [-0.4, -0.2) is 37.6 Å². The minimum absolute atomic E-state index is 0.0862. The number of aliphatic carboxylic acids is 1. The zero-order chi connectivity index (χ0) is 22.9. The van der Waals surface area contributed by atoms with Gasteiger partial charge in [-0.1, -0.05) is 6.07 Å². The number of carbonyl (C=O) groups is 2. The van der Waals surface area contributed by atoms with Gasteiger partial charge < -0.3 is 10.4 Å². The first-order valence-corrected chi connectivity index (χ1v) is 9.39. The Morgan fingerprint density at radius 2 is 1.67 bits per heavy atom. The molecular weight excluding hydrogens is 439 g/mol. The Balaban J connectivity index is 2.36. The number of alkyl halides is 3. The number of carboxylic acids is 1. The van der Waals surface area contributed by atoms with Crippen LogP contribution in [0.3, 0.4) is 0 Å². The van der Waals surface area contributed by atoms with Crippen molar-refractivity contribution in [2.24, 2.45) is 0 Å². The largest absolute Gasteiger partial charge is 0.480 e. The molecule has 2 aromatic carbocycles. The van der Waals surface area contributed by atoms with Gasteiger partial charge in [-0.3, -0.25) is 9.59 Å². The van der Waals surface area contributed by atoms with Crippen molar-refractivity contribution in [3.8, 4) is 0 Å². The zero-order valence-electron chi connectivity index (χ0n) is 14.9. The van der Waals surface area contributed by atoms with E-state index in [2.05, 4.69) is 5.32 Å². The molecule has 0 spiro atoms. The van der Waals surface area contributed by atoms with Crippen molar-refractivity contribution >= 4 is 27.6 Å². The SMILES string of the molecule is Cc1ccc(NC(=O)c2cc(S(=O)(=O)N[C@H](C(=O)O)C(F)(F)F)ccc2F)cc1F. The molecule has 162 valence electrons. The van der Waals surface area contributed by atoms with E-state index in [4.69, 9.17) is 5.11 Å². The molecule has 0 heterocycles. The average Bonchev–Trinajstić information content (AvgIpc) is 2.62. The predicted molar refractivity (Wildman–Crippen MR) is 93.3 cm³/mol. The maximum Gasteiger partial charge on any atom is 0.415 e. The lowest BCUT2D eigenvalue weighted by atomic mass is 10.1. The maximum atomic E-state index is 14.0. The van der Waals surface area contributed by atoms with Crippen LogP contribution in [0.5, 0.6) is 0 Å². The van der Waals surface area contributed by atoms with E-state index in [0.717, 1.165) is 10.8 Å². The smallest absolute Gasteiger partial charge is 0.415 e. The second-order valence-electron chi connectivity index (χ2n) is 5.99. The number of aryl methyl sites for hydroxylation is 1. The molecule has 0 fully saturated rings. The van der Waals surface area contributed by atoms with Crippen molar-refractivity contribution in [3.63, 3.8) is 0 Å². The van der Waals surface area contributed by atoms with Gasteiger partial charge in [0.25, 0.3) is 5.91 Å². The van der Waals surface area contributed by atoms with E-state index in [1.165, 1.54) is 19.1 Å². The lowest BCUT2D eigenvalue weighted by Crippen LogP contribution is -2.50. The molecular formula is C17H13F5N2O5S. The summed E-state index contributed by atoms with van der Waals surface area (Å²) in [4.78, 5) is 22.0. The van der Waals surface area contributed by atoms with Crippen molar-refractivity contribution in [2.45, 2.75) is 24.0 Å². The molecule has 0 unspecified atom stereocenters. The first-order valence-electron chi connectivity index (χ1n) is 7.91. The molecule has 0 saturated heterocycles. The van der Waals surface area contributed by atoms with Gasteiger partial charge in [0.05, 0.1) is 10.5 Å². The third-order valence-electron chi connectivity index (χ3n) is 3.77. The Bertz CT molecular complexity index is 1100. The molecule has 0 aromatic heterocycles. The molecule has 0 saturated carbocycles. The van der Waals surface area contributed by atoms with Crippen molar-refractivity contribution in [3.05, 3.63) is 59.2 Å². The molecule has 0 aliphatic rings. The summed E-state index contributed by atoms with van der Waals surface area (Å²) < 4.78 is 91.0. The lowest BCUT2D eigenvalue weighted by molar-refractivity contribution is -0.177. The van der Waals surface area contributed by atoms with Crippen LogP contribution in [0.2, 0.25) is 0 Å². The normalized spacial score (nSPS) is 13.0. The van der Waals surface area contributed by atoms with E-state index in [-0.39, 0.29) is 11.3 Å². The van der Waals surface area contributed by atoms with Gasteiger partial charge in [0.15, 0.2) is 0 Å².